The van der Waals surface area contributed by atoms with E-state index >= 15 is 0 Å². The smallest absolute Gasteiger partial charge is 0.125 e. The van der Waals surface area contributed by atoms with Crippen molar-refractivity contribution in [1.82, 2.24) is 19.7 Å². The van der Waals surface area contributed by atoms with Crippen LogP contribution in [0.2, 0.25) is 0 Å². The molecule has 2 aromatic heterocycles. The molecular formula is C16H19FN4. The number of aryl methyl sites for hydroxylation is 1. The molecular weight excluding hydrogens is 267 g/mol. The van der Waals surface area contributed by atoms with Crippen LogP contribution in [-0.2, 0) is 20.1 Å². The first kappa shape index (κ1) is 13.8. The number of hydrogen-bond acceptors (Lipinski definition) is 2. The van der Waals surface area contributed by atoms with Gasteiger partial charge in [-0.15, -0.1) is 0 Å². The van der Waals surface area contributed by atoms with Gasteiger partial charge in [-0.3, -0.25) is 4.68 Å². The fourth-order valence-electron chi connectivity index (χ4n) is 2.62. The second kappa shape index (κ2) is 5.69. The van der Waals surface area contributed by atoms with E-state index in [1.165, 1.54) is 11.6 Å². The maximum atomic E-state index is 13.3. The Balaban J connectivity index is 1.70. The molecule has 0 aliphatic rings. The fourth-order valence-corrected chi connectivity index (χ4v) is 2.62. The molecule has 1 N–H and O–H groups in total. The molecule has 4 nitrogen and oxygen atoms in total. The molecule has 0 fully saturated rings. The van der Waals surface area contributed by atoms with Gasteiger partial charge in [0.1, 0.15) is 5.82 Å². The summed E-state index contributed by atoms with van der Waals surface area (Å²) < 4.78 is 17.2. The summed E-state index contributed by atoms with van der Waals surface area (Å²) in [5, 5.41) is 8.79. The van der Waals surface area contributed by atoms with Gasteiger partial charge in [-0.25, -0.2) is 4.39 Å². The molecule has 0 radical (unpaired) electrons. The van der Waals surface area contributed by atoms with Crippen LogP contribution in [0.1, 0.15) is 12.5 Å². The van der Waals surface area contributed by atoms with Crippen LogP contribution in [0, 0.1) is 5.82 Å². The molecule has 0 bridgehead atoms. The van der Waals surface area contributed by atoms with Gasteiger partial charge in [0.05, 0.1) is 12.1 Å². The van der Waals surface area contributed by atoms with Gasteiger partial charge in [0.15, 0.2) is 0 Å². The van der Waals surface area contributed by atoms with E-state index in [9.17, 15) is 4.39 Å². The number of benzene rings is 1. The standard InChI is InChI=1S/C16H19FN4/c1-12(10-21-7-3-6-19-21)18-9-13-11-20(2)16-8-14(17)4-5-15(13)16/h3-8,11-12,18H,9-10H2,1-2H3/t12-/m1/s1. The van der Waals surface area contributed by atoms with E-state index in [2.05, 4.69) is 23.5 Å². The third kappa shape index (κ3) is 2.97. The van der Waals surface area contributed by atoms with Gasteiger partial charge in [0.2, 0.25) is 0 Å². The molecule has 0 saturated carbocycles. The first-order valence-electron chi connectivity index (χ1n) is 7.08. The Bertz CT molecular complexity index is 730. The van der Waals surface area contributed by atoms with Gasteiger partial charge in [-0.1, -0.05) is 0 Å². The number of nitrogens with zero attached hydrogens (tertiary/aromatic N) is 3. The van der Waals surface area contributed by atoms with Crippen molar-refractivity contribution in [2.45, 2.75) is 26.1 Å². The van der Waals surface area contributed by atoms with Crippen LogP contribution in [0.5, 0.6) is 0 Å². The second-order valence-corrected chi connectivity index (χ2v) is 5.44. The van der Waals surface area contributed by atoms with E-state index in [1.54, 1.807) is 12.3 Å². The first-order valence-corrected chi connectivity index (χ1v) is 7.08. The van der Waals surface area contributed by atoms with Crippen molar-refractivity contribution in [3.05, 3.63) is 54.2 Å². The molecule has 3 aromatic rings. The SMILES string of the molecule is C[C@H](Cn1cccn1)NCc1cn(C)c2cc(F)ccc12. The summed E-state index contributed by atoms with van der Waals surface area (Å²) in [7, 11) is 1.94. The normalized spacial score (nSPS) is 12.9. The van der Waals surface area contributed by atoms with Gasteiger partial charge in [0.25, 0.3) is 0 Å². The lowest BCUT2D eigenvalue weighted by Gasteiger charge is -2.13. The molecule has 0 aliphatic carbocycles. The number of nitrogens with one attached hydrogen (secondary N) is 1. The summed E-state index contributed by atoms with van der Waals surface area (Å²) in [5.74, 6) is -0.199. The summed E-state index contributed by atoms with van der Waals surface area (Å²) in [6.07, 6.45) is 5.79. The van der Waals surface area contributed by atoms with Crippen molar-refractivity contribution in [1.29, 1.82) is 0 Å². The molecule has 1 aromatic carbocycles. The van der Waals surface area contributed by atoms with Crippen molar-refractivity contribution in [2.24, 2.45) is 7.05 Å². The third-order valence-electron chi connectivity index (χ3n) is 3.70. The Morgan fingerprint density at radius 2 is 2.24 bits per heavy atom. The summed E-state index contributed by atoms with van der Waals surface area (Å²) in [6.45, 7) is 3.71. The van der Waals surface area contributed by atoms with Crippen LogP contribution < -0.4 is 5.32 Å². The average molecular weight is 286 g/mol. The predicted molar refractivity (Wildman–Crippen MR) is 81.4 cm³/mol. The molecule has 110 valence electrons. The van der Waals surface area contributed by atoms with E-state index in [4.69, 9.17) is 0 Å². The number of rotatable bonds is 5. The molecule has 5 heteroatoms. The lowest BCUT2D eigenvalue weighted by atomic mass is 10.1. The maximum absolute atomic E-state index is 13.3. The summed E-state index contributed by atoms with van der Waals surface area (Å²) in [6, 6.07) is 7.16. The molecule has 0 amide bonds. The van der Waals surface area contributed by atoms with Crippen molar-refractivity contribution in [2.75, 3.05) is 0 Å². The molecule has 0 spiro atoms. The Morgan fingerprint density at radius 1 is 1.38 bits per heavy atom. The quantitative estimate of drug-likeness (QED) is 0.782. The van der Waals surface area contributed by atoms with Crippen LogP contribution in [0.4, 0.5) is 4.39 Å². The van der Waals surface area contributed by atoms with Gasteiger partial charge in [0, 0.05) is 43.6 Å². The van der Waals surface area contributed by atoms with Gasteiger partial charge in [-0.05, 0) is 36.8 Å². The Labute approximate surface area is 123 Å². The fraction of sp³-hybridized carbons (Fsp3) is 0.312. The minimum Gasteiger partial charge on any atom is -0.350 e. The van der Waals surface area contributed by atoms with Crippen molar-refractivity contribution in [3.8, 4) is 0 Å². The Morgan fingerprint density at radius 3 is 3.00 bits per heavy atom. The zero-order valence-corrected chi connectivity index (χ0v) is 12.3. The highest BCUT2D eigenvalue weighted by Crippen LogP contribution is 2.21. The van der Waals surface area contributed by atoms with E-state index < -0.39 is 0 Å². The number of halogens is 1. The van der Waals surface area contributed by atoms with Crippen LogP contribution >= 0.6 is 0 Å². The average Bonchev–Trinajstić information content (AvgIpc) is 3.05. The van der Waals surface area contributed by atoms with E-state index in [1.807, 2.05) is 34.6 Å². The molecule has 3 rings (SSSR count). The van der Waals surface area contributed by atoms with Gasteiger partial charge in [-0.2, -0.15) is 5.10 Å². The van der Waals surface area contributed by atoms with Crippen molar-refractivity contribution >= 4 is 10.9 Å². The number of hydrogen-bond donors (Lipinski definition) is 1. The second-order valence-electron chi connectivity index (χ2n) is 5.44. The van der Waals surface area contributed by atoms with Crippen LogP contribution in [0.25, 0.3) is 10.9 Å². The monoisotopic (exact) mass is 286 g/mol. The maximum Gasteiger partial charge on any atom is 0.125 e. The van der Waals surface area contributed by atoms with Crippen LogP contribution in [-0.4, -0.2) is 20.4 Å². The van der Waals surface area contributed by atoms with Crippen molar-refractivity contribution in [3.63, 3.8) is 0 Å². The van der Waals surface area contributed by atoms with E-state index in [0.29, 0.717) is 6.04 Å². The number of aromatic nitrogens is 3. The zero-order valence-electron chi connectivity index (χ0n) is 12.3. The molecule has 0 unspecified atom stereocenters. The zero-order chi connectivity index (χ0) is 14.8. The largest absolute Gasteiger partial charge is 0.350 e. The highest BCUT2D eigenvalue weighted by molar-refractivity contribution is 5.83. The van der Waals surface area contributed by atoms with Crippen LogP contribution in [0.15, 0.2) is 42.9 Å². The van der Waals surface area contributed by atoms with Crippen molar-refractivity contribution < 1.29 is 4.39 Å². The predicted octanol–water partition coefficient (Wildman–Crippen LogP) is 2.69. The summed E-state index contributed by atoms with van der Waals surface area (Å²) in [5.41, 5.74) is 2.10. The lowest BCUT2D eigenvalue weighted by molar-refractivity contribution is 0.451. The number of fused-ring (bicyclic) bond motifs is 1. The van der Waals surface area contributed by atoms with E-state index in [-0.39, 0.29) is 5.82 Å². The summed E-state index contributed by atoms with van der Waals surface area (Å²) in [4.78, 5) is 0. The minimum atomic E-state index is -0.199. The van der Waals surface area contributed by atoms with Crippen LogP contribution in [0.3, 0.4) is 0 Å². The summed E-state index contributed by atoms with van der Waals surface area (Å²) >= 11 is 0. The highest BCUT2D eigenvalue weighted by Gasteiger charge is 2.09. The minimum absolute atomic E-state index is 0.199. The molecule has 2 heterocycles. The first-order chi connectivity index (χ1) is 10.1. The molecule has 0 saturated heterocycles. The molecule has 0 aliphatic heterocycles. The van der Waals surface area contributed by atoms with Gasteiger partial charge < -0.3 is 9.88 Å². The Kier molecular flexibility index (Phi) is 3.75. The molecule has 1 atom stereocenters. The topological polar surface area (TPSA) is 34.8 Å². The molecule has 21 heavy (non-hydrogen) atoms. The van der Waals surface area contributed by atoms with E-state index in [0.717, 1.165) is 24.0 Å². The van der Waals surface area contributed by atoms with Gasteiger partial charge >= 0.3 is 0 Å². The Hall–Kier alpha value is -2.14. The third-order valence-corrected chi connectivity index (χ3v) is 3.70. The highest BCUT2D eigenvalue weighted by atomic mass is 19.1. The lowest BCUT2D eigenvalue weighted by Crippen LogP contribution is -2.30.